The maximum atomic E-state index is 12.7. The Hall–Kier alpha value is -1.43. The molecule has 2 saturated carbocycles. The van der Waals surface area contributed by atoms with Crippen molar-refractivity contribution in [3.8, 4) is 0 Å². The fourth-order valence-corrected chi connectivity index (χ4v) is 4.62. The van der Waals surface area contributed by atoms with Crippen LogP contribution in [0.25, 0.3) is 0 Å². The summed E-state index contributed by atoms with van der Waals surface area (Å²) in [6, 6.07) is 8.53. The molecule has 0 aliphatic heterocycles. The zero-order chi connectivity index (χ0) is 19.1. The largest absolute Gasteiger partial charge is 0.379 e. The van der Waals surface area contributed by atoms with Crippen LogP contribution >= 0.6 is 0 Å². The van der Waals surface area contributed by atoms with Crippen LogP contribution in [0.3, 0.4) is 0 Å². The van der Waals surface area contributed by atoms with Gasteiger partial charge < -0.3 is 20.5 Å². The van der Waals surface area contributed by atoms with Gasteiger partial charge in [0.25, 0.3) is 0 Å². The molecule has 1 aromatic carbocycles. The number of fused-ring (bicyclic) bond motifs is 2. The van der Waals surface area contributed by atoms with Gasteiger partial charge in [0, 0.05) is 25.1 Å². The maximum Gasteiger partial charge on any atom is 0.223 e. The first-order chi connectivity index (χ1) is 13.2. The predicted molar refractivity (Wildman–Crippen MR) is 106 cm³/mol. The minimum atomic E-state index is 0.130. The zero-order valence-corrected chi connectivity index (χ0v) is 16.5. The van der Waals surface area contributed by atoms with Crippen LogP contribution < -0.4 is 11.1 Å². The van der Waals surface area contributed by atoms with Crippen LogP contribution in [0.15, 0.2) is 24.3 Å². The molecule has 0 aromatic heterocycles. The van der Waals surface area contributed by atoms with Gasteiger partial charge in [0.15, 0.2) is 0 Å². The number of hydrogen-bond donors (Lipinski definition) is 2. The van der Waals surface area contributed by atoms with Crippen LogP contribution in [0.5, 0.6) is 0 Å². The Kier molecular flexibility index (Phi) is 7.68. The first kappa shape index (κ1) is 20.3. The highest BCUT2D eigenvalue weighted by atomic mass is 16.5. The Labute approximate surface area is 163 Å². The van der Waals surface area contributed by atoms with Crippen LogP contribution in [0.2, 0.25) is 0 Å². The Morgan fingerprint density at radius 2 is 1.85 bits per heavy atom. The molecule has 2 fully saturated rings. The molecular formula is C22H34N2O3. The number of carbonyl (C=O) groups is 1. The molecule has 2 aliphatic rings. The molecule has 2 atom stereocenters. The van der Waals surface area contributed by atoms with Crippen molar-refractivity contribution in [1.82, 2.24) is 5.32 Å². The third-order valence-electron chi connectivity index (χ3n) is 6.09. The molecule has 2 bridgehead atoms. The summed E-state index contributed by atoms with van der Waals surface area (Å²) in [4.78, 5) is 12.7. The molecule has 3 rings (SSSR count). The standard InChI is InChI=1S/C22H34N2O3/c1-2-26-9-10-27-15-17-6-3-5-16(11-17)14-24-22(25)20-12-18-7-4-8-19(13-20)21(18)23/h3,5-6,11,18-21H,2,4,7-10,12-15,23H2,1H3,(H,24,25). The van der Waals surface area contributed by atoms with E-state index in [1.54, 1.807) is 0 Å². The van der Waals surface area contributed by atoms with Crippen molar-refractivity contribution in [3.05, 3.63) is 35.4 Å². The normalized spacial score (nSPS) is 27.3. The molecule has 0 spiro atoms. The van der Waals surface area contributed by atoms with Crippen LogP contribution in [0.4, 0.5) is 0 Å². The molecule has 0 radical (unpaired) electrons. The third-order valence-corrected chi connectivity index (χ3v) is 6.09. The first-order valence-corrected chi connectivity index (χ1v) is 10.4. The van der Waals surface area contributed by atoms with E-state index in [0.717, 1.165) is 24.0 Å². The summed E-state index contributed by atoms with van der Waals surface area (Å²) in [5.41, 5.74) is 8.58. The number of amides is 1. The second-order valence-corrected chi connectivity index (χ2v) is 7.98. The number of carbonyl (C=O) groups excluding carboxylic acids is 1. The molecule has 0 heterocycles. The van der Waals surface area contributed by atoms with Gasteiger partial charge in [-0.05, 0) is 55.6 Å². The van der Waals surface area contributed by atoms with E-state index in [9.17, 15) is 4.79 Å². The van der Waals surface area contributed by atoms with E-state index < -0.39 is 0 Å². The zero-order valence-electron chi connectivity index (χ0n) is 16.5. The molecule has 5 nitrogen and oxygen atoms in total. The number of hydrogen-bond acceptors (Lipinski definition) is 4. The predicted octanol–water partition coefficient (Wildman–Crippen LogP) is 3.01. The number of benzene rings is 1. The number of rotatable bonds is 9. The molecule has 1 aromatic rings. The smallest absolute Gasteiger partial charge is 0.223 e. The molecule has 1 amide bonds. The highest BCUT2D eigenvalue weighted by Crippen LogP contribution is 2.41. The van der Waals surface area contributed by atoms with Gasteiger partial charge in [0.2, 0.25) is 5.91 Å². The van der Waals surface area contributed by atoms with Gasteiger partial charge in [-0.1, -0.05) is 30.7 Å². The summed E-state index contributed by atoms with van der Waals surface area (Å²) in [5, 5.41) is 3.14. The molecule has 2 aliphatic carbocycles. The minimum Gasteiger partial charge on any atom is -0.379 e. The minimum absolute atomic E-state index is 0.130. The molecule has 2 unspecified atom stereocenters. The van der Waals surface area contributed by atoms with Crippen LogP contribution in [-0.4, -0.2) is 31.8 Å². The van der Waals surface area contributed by atoms with Gasteiger partial charge in [-0.2, -0.15) is 0 Å². The molecule has 27 heavy (non-hydrogen) atoms. The lowest BCUT2D eigenvalue weighted by atomic mass is 9.65. The van der Waals surface area contributed by atoms with E-state index in [1.165, 1.54) is 19.3 Å². The average molecular weight is 375 g/mol. The van der Waals surface area contributed by atoms with E-state index in [1.807, 2.05) is 13.0 Å². The van der Waals surface area contributed by atoms with Crippen LogP contribution in [0, 0.1) is 17.8 Å². The van der Waals surface area contributed by atoms with Gasteiger partial charge in [-0.25, -0.2) is 0 Å². The number of nitrogens with two attached hydrogens (primary N) is 1. The molecule has 0 saturated heterocycles. The molecule has 3 N–H and O–H groups in total. The van der Waals surface area contributed by atoms with Gasteiger partial charge >= 0.3 is 0 Å². The van der Waals surface area contributed by atoms with Gasteiger partial charge in [0.1, 0.15) is 0 Å². The van der Waals surface area contributed by atoms with Crippen molar-refractivity contribution < 1.29 is 14.3 Å². The maximum absolute atomic E-state index is 12.7. The Bertz CT molecular complexity index is 593. The van der Waals surface area contributed by atoms with Crippen LogP contribution in [-0.2, 0) is 27.4 Å². The Morgan fingerprint density at radius 1 is 1.15 bits per heavy atom. The summed E-state index contributed by atoms with van der Waals surface area (Å²) in [6.07, 6.45) is 5.56. The quantitative estimate of drug-likeness (QED) is 0.652. The molecular weight excluding hydrogens is 340 g/mol. The van der Waals surface area contributed by atoms with Gasteiger partial charge in [-0.15, -0.1) is 0 Å². The summed E-state index contributed by atoms with van der Waals surface area (Å²) >= 11 is 0. The summed E-state index contributed by atoms with van der Waals surface area (Å²) in [7, 11) is 0. The van der Waals surface area contributed by atoms with Crippen molar-refractivity contribution in [2.45, 2.75) is 58.2 Å². The van der Waals surface area contributed by atoms with E-state index >= 15 is 0 Å². The number of nitrogens with one attached hydrogen (secondary N) is 1. The summed E-state index contributed by atoms with van der Waals surface area (Å²) in [6.45, 7) is 5.06. The van der Waals surface area contributed by atoms with Crippen molar-refractivity contribution >= 4 is 5.91 Å². The second-order valence-electron chi connectivity index (χ2n) is 7.98. The van der Waals surface area contributed by atoms with Gasteiger partial charge in [-0.3, -0.25) is 4.79 Å². The fraction of sp³-hybridized carbons (Fsp3) is 0.682. The first-order valence-electron chi connectivity index (χ1n) is 10.4. The lowest BCUT2D eigenvalue weighted by Gasteiger charge is -2.43. The third kappa shape index (κ3) is 5.77. The Balaban J connectivity index is 1.44. The monoisotopic (exact) mass is 374 g/mol. The van der Waals surface area contributed by atoms with Crippen molar-refractivity contribution in [2.75, 3.05) is 19.8 Å². The fourth-order valence-electron chi connectivity index (χ4n) is 4.62. The topological polar surface area (TPSA) is 73.6 Å². The molecule has 150 valence electrons. The van der Waals surface area contributed by atoms with Crippen LogP contribution in [0.1, 0.15) is 50.2 Å². The Morgan fingerprint density at radius 3 is 2.59 bits per heavy atom. The second kappa shape index (κ2) is 10.2. The lowest BCUT2D eigenvalue weighted by molar-refractivity contribution is -0.128. The van der Waals surface area contributed by atoms with E-state index in [4.69, 9.17) is 15.2 Å². The van der Waals surface area contributed by atoms with E-state index in [-0.39, 0.29) is 11.8 Å². The molecule has 5 heteroatoms. The number of ether oxygens (including phenoxy) is 2. The van der Waals surface area contributed by atoms with Crippen molar-refractivity contribution in [2.24, 2.45) is 23.5 Å². The van der Waals surface area contributed by atoms with Crippen molar-refractivity contribution in [3.63, 3.8) is 0 Å². The highest BCUT2D eigenvalue weighted by molar-refractivity contribution is 5.78. The lowest BCUT2D eigenvalue weighted by Crippen LogP contribution is -2.49. The van der Waals surface area contributed by atoms with Crippen molar-refractivity contribution in [1.29, 1.82) is 0 Å². The van der Waals surface area contributed by atoms with Gasteiger partial charge in [0.05, 0.1) is 19.8 Å². The SMILES string of the molecule is CCOCCOCc1cccc(CNC(=O)C2CC3CCCC(C2)C3N)c1. The average Bonchev–Trinajstić information content (AvgIpc) is 2.66. The van der Waals surface area contributed by atoms with E-state index in [2.05, 4.69) is 23.5 Å². The van der Waals surface area contributed by atoms with E-state index in [0.29, 0.717) is 50.8 Å². The highest BCUT2D eigenvalue weighted by Gasteiger charge is 2.40. The summed E-state index contributed by atoms with van der Waals surface area (Å²) < 4.78 is 10.9. The summed E-state index contributed by atoms with van der Waals surface area (Å²) in [5.74, 6) is 1.39.